The molecule has 0 atom stereocenters. The highest BCUT2D eigenvalue weighted by Gasteiger charge is 2.13. The lowest BCUT2D eigenvalue weighted by Crippen LogP contribution is -2.04. The van der Waals surface area contributed by atoms with Gasteiger partial charge in [0.15, 0.2) is 5.78 Å². The molecule has 17 heavy (non-hydrogen) atoms. The number of phenolic OH excluding ortho intramolecular Hbond substituents is 1. The number of Topliss-reactive ketones (excluding diaryl/α,β-unsaturated/α-hetero) is 1. The van der Waals surface area contributed by atoms with Crippen LogP contribution in [-0.2, 0) is 0 Å². The summed E-state index contributed by atoms with van der Waals surface area (Å²) in [6.07, 6.45) is 3.75. The number of phenols is 1. The van der Waals surface area contributed by atoms with Gasteiger partial charge in [0, 0.05) is 35.2 Å². The average molecular weight is 229 g/mol. The van der Waals surface area contributed by atoms with E-state index in [1.165, 1.54) is 0 Å². The Kier molecular flexibility index (Phi) is 3.09. The summed E-state index contributed by atoms with van der Waals surface area (Å²) >= 11 is 0. The number of hydrogen-bond acceptors (Lipinski definition) is 3. The maximum atomic E-state index is 12.1. The third kappa shape index (κ3) is 2.28. The summed E-state index contributed by atoms with van der Waals surface area (Å²) in [5.74, 6) is 0.601. The number of fused-ring (bicyclic) bond motifs is 1. The van der Waals surface area contributed by atoms with Crippen molar-refractivity contribution in [3.8, 4) is 5.75 Å². The highest BCUT2D eigenvalue weighted by Crippen LogP contribution is 2.27. The van der Waals surface area contributed by atoms with Crippen molar-refractivity contribution in [1.82, 2.24) is 4.98 Å². The van der Waals surface area contributed by atoms with E-state index in [1.54, 1.807) is 30.6 Å². The first-order valence-corrected chi connectivity index (χ1v) is 5.68. The molecule has 0 aliphatic carbocycles. The molecule has 0 radical (unpaired) electrons. The number of benzene rings is 1. The second-order valence-corrected chi connectivity index (χ2v) is 4.57. The molecule has 0 saturated carbocycles. The molecule has 2 aromatic rings. The molecule has 0 unspecified atom stereocenters. The zero-order valence-electron chi connectivity index (χ0n) is 9.97. The lowest BCUT2D eigenvalue weighted by atomic mass is 9.97. The Bertz CT molecular complexity index is 561. The van der Waals surface area contributed by atoms with Crippen LogP contribution in [0.15, 0.2) is 30.6 Å². The van der Waals surface area contributed by atoms with Crippen LogP contribution in [0.4, 0.5) is 0 Å². The highest BCUT2D eigenvalue weighted by molar-refractivity contribution is 6.09. The van der Waals surface area contributed by atoms with E-state index >= 15 is 0 Å². The summed E-state index contributed by atoms with van der Waals surface area (Å²) in [6.45, 7) is 4.03. The van der Waals surface area contributed by atoms with Gasteiger partial charge in [-0.2, -0.15) is 0 Å². The normalized spacial score (nSPS) is 11.0. The number of hydrogen-bond donors (Lipinski definition) is 1. The minimum atomic E-state index is 0.0954. The smallest absolute Gasteiger partial charge is 0.163 e. The SMILES string of the molecule is CC(C)CC(=O)c1ccc(O)c2ccncc12. The minimum Gasteiger partial charge on any atom is -0.507 e. The van der Waals surface area contributed by atoms with Crippen molar-refractivity contribution in [2.75, 3.05) is 0 Å². The van der Waals surface area contributed by atoms with Crippen molar-refractivity contribution in [3.63, 3.8) is 0 Å². The van der Waals surface area contributed by atoms with Gasteiger partial charge in [0.05, 0.1) is 0 Å². The van der Waals surface area contributed by atoms with E-state index in [0.29, 0.717) is 23.3 Å². The fourth-order valence-corrected chi connectivity index (χ4v) is 1.90. The summed E-state index contributed by atoms with van der Waals surface area (Å²) in [4.78, 5) is 16.1. The third-order valence-corrected chi connectivity index (χ3v) is 2.69. The van der Waals surface area contributed by atoms with E-state index in [4.69, 9.17) is 0 Å². The average Bonchev–Trinajstić information content (AvgIpc) is 2.29. The van der Waals surface area contributed by atoms with Crippen LogP contribution >= 0.6 is 0 Å². The Labute approximate surface area is 100 Å². The predicted molar refractivity (Wildman–Crippen MR) is 67.2 cm³/mol. The summed E-state index contributed by atoms with van der Waals surface area (Å²) in [5.41, 5.74) is 0.639. The van der Waals surface area contributed by atoms with Crippen molar-refractivity contribution >= 4 is 16.6 Å². The fraction of sp³-hybridized carbons (Fsp3) is 0.286. The molecule has 0 saturated heterocycles. The van der Waals surface area contributed by atoms with Crippen LogP contribution in [0.2, 0.25) is 0 Å². The molecule has 1 N–H and O–H groups in total. The summed E-state index contributed by atoms with van der Waals surface area (Å²) < 4.78 is 0. The maximum Gasteiger partial charge on any atom is 0.163 e. The van der Waals surface area contributed by atoms with Gasteiger partial charge < -0.3 is 5.11 Å². The maximum absolute atomic E-state index is 12.1. The molecule has 1 heterocycles. The molecule has 0 amide bonds. The van der Waals surface area contributed by atoms with Gasteiger partial charge in [0.1, 0.15) is 5.75 Å². The van der Waals surface area contributed by atoms with Crippen molar-refractivity contribution in [2.24, 2.45) is 5.92 Å². The zero-order chi connectivity index (χ0) is 12.4. The Morgan fingerprint density at radius 1 is 1.29 bits per heavy atom. The van der Waals surface area contributed by atoms with Crippen molar-refractivity contribution in [1.29, 1.82) is 0 Å². The van der Waals surface area contributed by atoms with Gasteiger partial charge in [-0.15, -0.1) is 0 Å². The quantitative estimate of drug-likeness (QED) is 0.822. The summed E-state index contributed by atoms with van der Waals surface area (Å²) in [7, 11) is 0. The summed E-state index contributed by atoms with van der Waals surface area (Å²) in [5, 5.41) is 11.1. The molecule has 0 spiro atoms. The molecule has 1 aromatic carbocycles. The number of pyridine rings is 1. The summed E-state index contributed by atoms with van der Waals surface area (Å²) in [6, 6.07) is 4.96. The number of carbonyl (C=O) groups excluding carboxylic acids is 1. The zero-order valence-corrected chi connectivity index (χ0v) is 9.97. The van der Waals surface area contributed by atoms with Crippen molar-refractivity contribution in [2.45, 2.75) is 20.3 Å². The molecule has 0 aliphatic rings. The van der Waals surface area contributed by atoms with Gasteiger partial charge in [-0.05, 0) is 24.1 Å². The number of aromatic nitrogens is 1. The van der Waals surface area contributed by atoms with Crippen LogP contribution in [-0.4, -0.2) is 15.9 Å². The first-order chi connectivity index (χ1) is 8.09. The van der Waals surface area contributed by atoms with Gasteiger partial charge in [-0.3, -0.25) is 9.78 Å². The topological polar surface area (TPSA) is 50.2 Å². The Morgan fingerprint density at radius 3 is 2.76 bits per heavy atom. The van der Waals surface area contributed by atoms with Crippen LogP contribution < -0.4 is 0 Å². The second kappa shape index (κ2) is 4.53. The first-order valence-electron chi connectivity index (χ1n) is 5.68. The molecule has 88 valence electrons. The minimum absolute atomic E-state index is 0.0954. The second-order valence-electron chi connectivity index (χ2n) is 4.57. The predicted octanol–water partition coefficient (Wildman–Crippen LogP) is 3.17. The highest BCUT2D eigenvalue weighted by atomic mass is 16.3. The number of aromatic hydroxyl groups is 1. The van der Waals surface area contributed by atoms with Crippen LogP contribution in [0.5, 0.6) is 5.75 Å². The largest absolute Gasteiger partial charge is 0.507 e. The van der Waals surface area contributed by atoms with E-state index in [-0.39, 0.29) is 11.5 Å². The van der Waals surface area contributed by atoms with Gasteiger partial charge in [0.2, 0.25) is 0 Å². The number of ketones is 1. The standard InChI is InChI=1S/C14H15NO2/c1-9(2)7-14(17)10-3-4-13(16)11-5-6-15-8-12(10)11/h3-6,8-9,16H,7H2,1-2H3. The van der Waals surface area contributed by atoms with E-state index in [1.807, 2.05) is 13.8 Å². The van der Waals surface area contributed by atoms with Crippen LogP contribution in [0, 0.1) is 5.92 Å². The van der Waals surface area contributed by atoms with Gasteiger partial charge >= 0.3 is 0 Å². The van der Waals surface area contributed by atoms with E-state index in [9.17, 15) is 9.90 Å². The lowest BCUT2D eigenvalue weighted by Gasteiger charge is -2.08. The molecule has 0 aliphatic heterocycles. The number of nitrogens with zero attached hydrogens (tertiary/aromatic N) is 1. The first kappa shape index (κ1) is 11.6. The Morgan fingerprint density at radius 2 is 2.06 bits per heavy atom. The monoisotopic (exact) mass is 229 g/mol. The van der Waals surface area contributed by atoms with Gasteiger partial charge in [0.25, 0.3) is 0 Å². The van der Waals surface area contributed by atoms with E-state index in [0.717, 1.165) is 5.39 Å². The molecule has 3 heteroatoms. The third-order valence-electron chi connectivity index (χ3n) is 2.69. The molecule has 0 bridgehead atoms. The number of rotatable bonds is 3. The van der Waals surface area contributed by atoms with Crippen molar-refractivity contribution < 1.29 is 9.90 Å². The Balaban J connectivity index is 2.55. The van der Waals surface area contributed by atoms with Crippen LogP contribution in [0.3, 0.4) is 0 Å². The molecule has 0 fully saturated rings. The molecule has 1 aromatic heterocycles. The van der Waals surface area contributed by atoms with E-state index < -0.39 is 0 Å². The lowest BCUT2D eigenvalue weighted by molar-refractivity contribution is 0.0969. The molecule has 2 rings (SSSR count). The van der Waals surface area contributed by atoms with E-state index in [2.05, 4.69) is 4.98 Å². The van der Waals surface area contributed by atoms with Gasteiger partial charge in [-0.1, -0.05) is 13.8 Å². The number of carbonyl (C=O) groups is 1. The van der Waals surface area contributed by atoms with Crippen LogP contribution in [0.1, 0.15) is 30.6 Å². The molecule has 3 nitrogen and oxygen atoms in total. The van der Waals surface area contributed by atoms with Gasteiger partial charge in [-0.25, -0.2) is 0 Å². The molecular formula is C14H15NO2. The fourth-order valence-electron chi connectivity index (χ4n) is 1.90. The van der Waals surface area contributed by atoms with Crippen molar-refractivity contribution in [3.05, 3.63) is 36.2 Å². The Hall–Kier alpha value is -1.90. The van der Waals surface area contributed by atoms with Crippen LogP contribution in [0.25, 0.3) is 10.8 Å². The molecular weight excluding hydrogens is 214 g/mol.